The maximum absolute atomic E-state index is 12.7. The molecule has 1 aliphatic heterocycles. The first kappa shape index (κ1) is 30.2. The molecule has 1 saturated heterocycles. The van der Waals surface area contributed by atoms with Crippen molar-refractivity contribution >= 4 is 39.9 Å². The number of amides is 2. The minimum Gasteiger partial charge on any atom is -0.354 e. The maximum Gasteiger partial charge on any atom is 0.523 e. The predicted octanol–water partition coefficient (Wildman–Crippen LogP) is 4.80. The van der Waals surface area contributed by atoms with Crippen LogP contribution in [0.4, 0.5) is 29.9 Å². The van der Waals surface area contributed by atoms with Crippen molar-refractivity contribution in [2.24, 2.45) is 0 Å². The van der Waals surface area contributed by atoms with Crippen molar-refractivity contribution in [1.82, 2.24) is 25.4 Å². The molecule has 0 spiro atoms. The molecule has 2 aliphatic rings. The van der Waals surface area contributed by atoms with Gasteiger partial charge in [0.1, 0.15) is 5.01 Å². The average molecular weight is 615 g/mol. The van der Waals surface area contributed by atoms with Crippen LogP contribution in [-0.4, -0.2) is 62.2 Å². The summed E-state index contributed by atoms with van der Waals surface area (Å²) in [5.74, 6) is 0.333. The standard InChI is InChI=1S/C28H29F3N8O3S/c1-27(42-28(29,30)31)11-4-6-18(16-27)14-23(40)33-21-9-10-22(36-35-21)39-13-5-7-19(17-39)25-37-38-26(43-25)34-24(41)15-20-8-2-3-12-32-20/h2-4,6,8-12,19H,5,7,13-17H2,1H3,(H,33,35,40)(H,34,38,41). The van der Waals surface area contributed by atoms with Crippen molar-refractivity contribution in [2.45, 2.75) is 56.9 Å². The van der Waals surface area contributed by atoms with Gasteiger partial charge in [0.05, 0.1) is 12.0 Å². The Hall–Kier alpha value is -4.24. The Labute approximate surface area is 249 Å². The number of carbonyl (C=O) groups excluding carboxylic acids is 2. The van der Waals surface area contributed by atoms with Crippen LogP contribution < -0.4 is 15.5 Å². The van der Waals surface area contributed by atoms with Gasteiger partial charge in [0, 0.05) is 43.7 Å². The van der Waals surface area contributed by atoms with E-state index in [9.17, 15) is 22.8 Å². The molecule has 226 valence electrons. The first-order valence-electron chi connectivity index (χ1n) is 13.6. The highest BCUT2D eigenvalue weighted by Gasteiger charge is 2.40. The number of alkyl halides is 3. The van der Waals surface area contributed by atoms with Crippen molar-refractivity contribution in [1.29, 1.82) is 0 Å². The number of anilines is 3. The summed E-state index contributed by atoms with van der Waals surface area (Å²) in [6.07, 6.45) is 3.03. The number of carbonyl (C=O) groups is 2. The fourth-order valence-electron chi connectivity index (χ4n) is 5.03. The normalized spacial score (nSPS) is 20.4. The smallest absolute Gasteiger partial charge is 0.354 e. The van der Waals surface area contributed by atoms with Crippen LogP contribution in [0, 0.1) is 0 Å². The molecule has 4 heterocycles. The van der Waals surface area contributed by atoms with E-state index in [-0.39, 0.29) is 36.9 Å². The summed E-state index contributed by atoms with van der Waals surface area (Å²) in [5, 5.41) is 23.5. The third kappa shape index (κ3) is 8.64. The zero-order valence-electron chi connectivity index (χ0n) is 23.2. The molecular formula is C28H29F3N8O3S. The fraction of sp³-hybridized carbons (Fsp3) is 0.393. The highest BCUT2D eigenvalue weighted by molar-refractivity contribution is 7.15. The van der Waals surface area contributed by atoms with Crippen LogP contribution in [0.5, 0.6) is 0 Å². The minimum absolute atomic E-state index is 0.0647. The monoisotopic (exact) mass is 614 g/mol. The largest absolute Gasteiger partial charge is 0.523 e. The van der Waals surface area contributed by atoms with Crippen LogP contribution in [0.15, 0.2) is 60.3 Å². The lowest BCUT2D eigenvalue weighted by molar-refractivity contribution is -0.355. The third-order valence-corrected chi connectivity index (χ3v) is 7.86. The van der Waals surface area contributed by atoms with E-state index >= 15 is 0 Å². The van der Waals surface area contributed by atoms with Gasteiger partial charge in [-0.2, -0.15) is 0 Å². The summed E-state index contributed by atoms with van der Waals surface area (Å²) in [6, 6.07) is 8.79. The fourth-order valence-corrected chi connectivity index (χ4v) is 5.92. The van der Waals surface area contributed by atoms with Crippen molar-refractivity contribution in [3.05, 3.63) is 71.0 Å². The number of nitrogens with zero attached hydrogens (tertiary/aromatic N) is 6. The van der Waals surface area contributed by atoms with Gasteiger partial charge in [-0.15, -0.1) is 33.6 Å². The Morgan fingerprint density at radius 3 is 2.67 bits per heavy atom. The van der Waals surface area contributed by atoms with Crippen LogP contribution in [-0.2, 0) is 20.7 Å². The van der Waals surface area contributed by atoms with Gasteiger partial charge in [0.25, 0.3) is 0 Å². The van der Waals surface area contributed by atoms with Crippen molar-refractivity contribution < 1.29 is 27.5 Å². The second kappa shape index (κ2) is 13.0. The average Bonchev–Trinajstić information content (AvgIpc) is 3.41. The lowest BCUT2D eigenvalue weighted by Gasteiger charge is -2.32. The number of halogens is 3. The van der Waals surface area contributed by atoms with Gasteiger partial charge in [-0.1, -0.05) is 41.2 Å². The number of rotatable bonds is 9. The molecule has 0 radical (unpaired) electrons. The topological polar surface area (TPSA) is 135 Å². The van der Waals surface area contributed by atoms with E-state index in [0.717, 1.165) is 24.4 Å². The number of allylic oxidation sites excluding steroid dienone is 2. The number of piperidine rings is 1. The van der Waals surface area contributed by atoms with Gasteiger partial charge in [-0.05, 0) is 44.0 Å². The van der Waals surface area contributed by atoms with Gasteiger partial charge in [0.2, 0.25) is 16.9 Å². The van der Waals surface area contributed by atoms with Gasteiger partial charge in [-0.3, -0.25) is 19.3 Å². The number of ether oxygens (including phenoxy) is 1. The van der Waals surface area contributed by atoms with Crippen LogP contribution >= 0.6 is 11.3 Å². The van der Waals surface area contributed by atoms with E-state index in [1.165, 1.54) is 30.4 Å². The molecule has 15 heteroatoms. The van der Waals surface area contributed by atoms with Crippen LogP contribution in [0.1, 0.15) is 49.2 Å². The van der Waals surface area contributed by atoms with E-state index in [2.05, 4.69) is 45.6 Å². The number of aromatic nitrogens is 5. The first-order chi connectivity index (χ1) is 20.5. The highest BCUT2D eigenvalue weighted by Crippen LogP contribution is 2.35. The van der Waals surface area contributed by atoms with E-state index in [1.807, 2.05) is 6.07 Å². The third-order valence-electron chi connectivity index (χ3n) is 6.86. The lowest BCUT2D eigenvalue weighted by atomic mass is 9.89. The lowest BCUT2D eigenvalue weighted by Crippen LogP contribution is -2.35. The molecule has 1 aliphatic carbocycles. The Morgan fingerprint density at radius 1 is 1.09 bits per heavy atom. The molecule has 1 fully saturated rings. The zero-order valence-corrected chi connectivity index (χ0v) is 24.0. The molecule has 2 unspecified atom stereocenters. The second-order valence-corrected chi connectivity index (χ2v) is 11.5. The molecule has 2 amide bonds. The Bertz CT molecular complexity index is 1500. The molecule has 2 N–H and O–H groups in total. The molecular weight excluding hydrogens is 585 g/mol. The summed E-state index contributed by atoms with van der Waals surface area (Å²) >= 11 is 1.34. The highest BCUT2D eigenvalue weighted by atomic mass is 32.1. The number of pyridine rings is 1. The molecule has 3 aromatic rings. The summed E-state index contributed by atoms with van der Waals surface area (Å²) < 4.78 is 42.5. The van der Waals surface area contributed by atoms with E-state index in [1.54, 1.807) is 36.5 Å². The van der Waals surface area contributed by atoms with E-state index in [4.69, 9.17) is 0 Å². The Kier molecular flexibility index (Phi) is 9.11. The molecule has 2 atom stereocenters. The van der Waals surface area contributed by atoms with Crippen molar-refractivity contribution in [2.75, 3.05) is 28.6 Å². The van der Waals surface area contributed by atoms with Gasteiger partial charge < -0.3 is 15.5 Å². The minimum atomic E-state index is -4.78. The predicted molar refractivity (Wildman–Crippen MR) is 153 cm³/mol. The summed E-state index contributed by atoms with van der Waals surface area (Å²) in [4.78, 5) is 31.2. The zero-order chi connectivity index (χ0) is 30.5. The van der Waals surface area contributed by atoms with Crippen LogP contribution in [0.3, 0.4) is 0 Å². The van der Waals surface area contributed by atoms with Gasteiger partial charge in [0.15, 0.2) is 11.6 Å². The number of hydrogen-bond acceptors (Lipinski definition) is 10. The van der Waals surface area contributed by atoms with Crippen molar-refractivity contribution in [3.63, 3.8) is 0 Å². The Balaban J connectivity index is 1.12. The molecule has 0 saturated carbocycles. The van der Waals surface area contributed by atoms with Gasteiger partial charge >= 0.3 is 6.36 Å². The van der Waals surface area contributed by atoms with Crippen LogP contribution in [0.25, 0.3) is 0 Å². The second-order valence-electron chi connectivity index (χ2n) is 10.5. The number of nitrogens with one attached hydrogen (secondary N) is 2. The van der Waals surface area contributed by atoms with Crippen molar-refractivity contribution in [3.8, 4) is 0 Å². The van der Waals surface area contributed by atoms with E-state index in [0.29, 0.717) is 28.8 Å². The molecule has 3 aromatic heterocycles. The first-order valence-corrected chi connectivity index (χ1v) is 14.4. The molecule has 0 bridgehead atoms. The summed E-state index contributed by atoms with van der Waals surface area (Å²) in [5.41, 5.74) is -0.398. The molecule has 5 rings (SSSR count). The molecule has 43 heavy (non-hydrogen) atoms. The number of hydrogen-bond donors (Lipinski definition) is 2. The molecule has 0 aromatic carbocycles. The SMILES string of the molecule is CC1(OC(F)(F)F)C=CC=C(CC(=O)Nc2ccc(N3CCCC(c4nnc(NC(=O)Cc5ccccn5)s4)C3)nn2)C1. The van der Waals surface area contributed by atoms with Gasteiger partial charge in [-0.25, -0.2) is 0 Å². The molecule has 11 nitrogen and oxygen atoms in total. The summed E-state index contributed by atoms with van der Waals surface area (Å²) in [7, 11) is 0. The summed E-state index contributed by atoms with van der Waals surface area (Å²) in [6.45, 7) is 2.73. The van der Waals surface area contributed by atoms with Crippen LogP contribution in [0.2, 0.25) is 0 Å². The Morgan fingerprint density at radius 2 is 1.93 bits per heavy atom. The van der Waals surface area contributed by atoms with E-state index < -0.39 is 17.9 Å². The quantitative estimate of drug-likeness (QED) is 0.349. The maximum atomic E-state index is 12.7.